The molecule has 1 aromatic rings. The lowest BCUT2D eigenvalue weighted by Gasteiger charge is -2.26. The van der Waals surface area contributed by atoms with Crippen molar-refractivity contribution in [2.24, 2.45) is 5.92 Å². The lowest BCUT2D eigenvalue weighted by atomic mass is 10.0. The second kappa shape index (κ2) is 6.92. The number of rotatable bonds is 6. The Hall–Kier alpha value is -1.06. The molecule has 1 fully saturated rings. The van der Waals surface area contributed by atoms with Gasteiger partial charge in [0.25, 0.3) is 0 Å². The van der Waals surface area contributed by atoms with Crippen molar-refractivity contribution in [3.63, 3.8) is 0 Å². The van der Waals surface area contributed by atoms with E-state index in [2.05, 4.69) is 36.2 Å². The van der Waals surface area contributed by atoms with E-state index in [-0.39, 0.29) is 0 Å². The van der Waals surface area contributed by atoms with Gasteiger partial charge >= 0.3 is 0 Å². The van der Waals surface area contributed by atoms with Crippen LogP contribution in [0.25, 0.3) is 0 Å². The molecule has 0 aromatic heterocycles. The molecular formula is C16H26N2O. The van der Waals surface area contributed by atoms with Crippen LogP contribution in [0.5, 0.6) is 5.75 Å². The van der Waals surface area contributed by atoms with Crippen LogP contribution >= 0.6 is 0 Å². The summed E-state index contributed by atoms with van der Waals surface area (Å²) in [4.78, 5) is 2.56. The maximum Gasteiger partial charge on any atom is 0.123 e. The topological polar surface area (TPSA) is 24.5 Å². The number of methoxy groups -OCH3 is 1. The summed E-state index contributed by atoms with van der Waals surface area (Å²) >= 11 is 0. The number of para-hydroxylation sites is 1. The molecule has 0 spiro atoms. The molecule has 19 heavy (non-hydrogen) atoms. The Balaban J connectivity index is 2.10. The van der Waals surface area contributed by atoms with E-state index in [4.69, 9.17) is 4.74 Å². The van der Waals surface area contributed by atoms with Crippen LogP contribution in [-0.4, -0.2) is 38.2 Å². The van der Waals surface area contributed by atoms with Gasteiger partial charge in [-0.25, -0.2) is 0 Å². The third-order valence-corrected chi connectivity index (χ3v) is 3.91. The lowest BCUT2D eigenvalue weighted by molar-refractivity contribution is 0.282. The molecule has 2 atom stereocenters. The summed E-state index contributed by atoms with van der Waals surface area (Å²) in [5.41, 5.74) is 1.27. The van der Waals surface area contributed by atoms with Crippen LogP contribution in [0, 0.1) is 5.92 Å². The number of likely N-dealkylation sites (tertiary alicyclic amines) is 1. The molecule has 0 saturated carbocycles. The second-order valence-corrected chi connectivity index (χ2v) is 5.51. The molecule has 3 heteroatoms. The summed E-state index contributed by atoms with van der Waals surface area (Å²) in [6.07, 6.45) is 1.32. The van der Waals surface area contributed by atoms with E-state index in [1.807, 2.05) is 12.1 Å². The zero-order chi connectivity index (χ0) is 13.7. The fraction of sp³-hybridized carbons (Fsp3) is 0.625. The monoisotopic (exact) mass is 262 g/mol. The fourth-order valence-corrected chi connectivity index (χ4v) is 2.92. The molecule has 2 unspecified atom stereocenters. The molecule has 3 nitrogen and oxygen atoms in total. The Morgan fingerprint density at radius 3 is 2.84 bits per heavy atom. The van der Waals surface area contributed by atoms with E-state index in [1.165, 1.54) is 25.1 Å². The zero-order valence-electron chi connectivity index (χ0n) is 12.4. The molecule has 1 heterocycles. The van der Waals surface area contributed by atoms with Crippen LogP contribution in [-0.2, 0) is 0 Å². The van der Waals surface area contributed by atoms with Gasteiger partial charge in [0.15, 0.2) is 0 Å². The predicted octanol–water partition coefficient (Wildman–Crippen LogP) is 2.69. The molecule has 106 valence electrons. The maximum atomic E-state index is 5.50. The molecule has 0 radical (unpaired) electrons. The van der Waals surface area contributed by atoms with E-state index in [1.54, 1.807) is 7.11 Å². The van der Waals surface area contributed by atoms with Gasteiger partial charge in [-0.2, -0.15) is 0 Å². The highest BCUT2D eigenvalue weighted by molar-refractivity contribution is 5.36. The Kier molecular flexibility index (Phi) is 5.23. The van der Waals surface area contributed by atoms with Crippen molar-refractivity contribution in [1.82, 2.24) is 10.2 Å². The Labute approximate surface area is 116 Å². The Morgan fingerprint density at radius 1 is 1.42 bits per heavy atom. The van der Waals surface area contributed by atoms with Gasteiger partial charge in [-0.15, -0.1) is 0 Å². The number of ether oxygens (including phenoxy) is 1. The number of nitrogens with one attached hydrogen (secondary N) is 1. The van der Waals surface area contributed by atoms with Gasteiger partial charge in [0, 0.05) is 24.7 Å². The number of likely N-dealkylation sites (N-methyl/N-ethyl adjacent to an activating group) is 1. The van der Waals surface area contributed by atoms with Gasteiger partial charge < -0.3 is 15.0 Å². The predicted molar refractivity (Wildman–Crippen MR) is 79.6 cm³/mol. The van der Waals surface area contributed by atoms with Gasteiger partial charge in [0.05, 0.1) is 7.11 Å². The van der Waals surface area contributed by atoms with Gasteiger partial charge in [-0.05, 0) is 31.5 Å². The number of benzene rings is 1. The third-order valence-electron chi connectivity index (χ3n) is 3.91. The van der Waals surface area contributed by atoms with Crippen LogP contribution < -0.4 is 10.1 Å². The minimum absolute atomic E-state index is 0.353. The molecule has 1 aliphatic heterocycles. The first-order valence-corrected chi connectivity index (χ1v) is 7.33. The molecule has 0 bridgehead atoms. The second-order valence-electron chi connectivity index (χ2n) is 5.51. The van der Waals surface area contributed by atoms with Crippen molar-refractivity contribution >= 4 is 0 Å². The molecular weight excluding hydrogens is 236 g/mol. The highest BCUT2D eigenvalue weighted by atomic mass is 16.5. The molecule has 1 N–H and O–H groups in total. The highest BCUT2D eigenvalue weighted by Crippen LogP contribution is 2.27. The van der Waals surface area contributed by atoms with Crippen LogP contribution in [0.4, 0.5) is 0 Å². The van der Waals surface area contributed by atoms with Gasteiger partial charge in [0.1, 0.15) is 5.75 Å². The SMILES string of the molecule is CCNC(CN1CCC(C)C1)c1ccccc1OC. The Bertz CT molecular complexity index is 394. The zero-order valence-corrected chi connectivity index (χ0v) is 12.4. The van der Waals surface area contributed by atoms with Crippen LogP contribution in [0.15, 0.2) is 24.3 Å². The molecule has 0 amide bonds. The lowest BCUT2D eigenvalue weighted by Crippen LogP contribution is -2.34. The Morgan fingerprint density at radius 2 is 2.21 bits per heavy atom. The summed E-state index contributed by atoms with van der Waals surface area (Å²) < 4.78 is 5.50. The quantitative estimate of drug-likeness (QED) is 0.853. The van der Waals surface area contributed by atoms with Gasteiger partial charge in [0.2, 0.25) is 0 Å². The number of hydrogen-bond donors (Lipinski definition) is 1. The van der Waals surface area contributed by atoms with Crippen molar-refractivity contribution < 1.29 is 4.74 Å². The van der Waals surface area contributed by atoms with Crippen molar-refractivity contribution in [2.75, 3.05) is 33.3 Å². The fourth-order valence-electron chi connectivity index (χ4n) is 2.92. The minimum atomic E-state index is 0.353. The summed E-state index contributed by atoms with van der Waals surface area (Å²) in [5.74, 6) is 1.82. The van der Waals surface area contributed by atoms with Crippen LogP contribution in [0.2, 0.25) is 0 Å². The van der Waals surface area contributed by atoms with E-state index in [9.17, 15) is 0 Å². The van der Waals surface area contributed by atoms with Gasteiger partial charge in [-0.3, -0.25) is 0 Å². The van der Waals surface area contributed by atoms with Crippen LogP contribution in [0.1, 0.15) is 31.9 Å². The van der Waals surface area contributed by atoms with Crippen molar-refractivity contribution in [2.45, 2.75) is 26.3 Å². The smallest absolute Gasteiger partial charge is 0.123 e. The van der Waals surface area contributed by atoms with E-state index >= 15 is 0 Å². The summed E-state index contributed by atoms with van der Waals surface area (Å²) in [7, 11) is 1.75. The van der Waals surface area contributed by atoms with E-state index < -0.39 is 0 Å². The third kappa shape index (κ3) is 3.71. The minimum Gasteiger partial charge on any atom is -0.496 e. The largest absolute Gasteiger partial charge is 0.496 e. The van der Waals surface area contributed by atoms with Crippen LogP contribution in [0.3, 0.4) is 0 Å². The van der Waals surface area contributed by atoms with Crippen molar-refractivity contribution in [1.29, 1.82) is 0 Å². The average Bonchev–Trinajstić information content (AvgIpc) is 2.84. The van der Waals surface area contributed by atoms with Crippen molar-refractivity contribution in [3.05, 3.63) is 29.8 Å². The average molecular weight is 262 g/mol. The molecule has 1 aromatic carbocycles. The molecule has 0 aliphatic carbocycles. The number of nitrogens with zero attached hydrogens (tertiary/aromatic N) is 1. The van der Waals surface area contributed by atoms with E-state index in [0.29, 0.717) is 6.04 Å². The standard InChI is InChI=1S/C16H26N2O/c1-4-17-15(12-18-10-9-13(2)11-18)14-7-5-6-8-16(14)19-3/h5-8,13,15,17H,4,9-12H2,1-3H3. The van der Waals surface area contributed by atoms with Crippen molar-refractivity contribution in [3.8, 4) is 5.75 Å². The summed E-state index contributed by atoms with van der Waals surface area (Å²) in [5, 5.41) is 3.59. The maximum absolute atomic E-state index is 5.50. The first-order chi connectivity index (χ1) is 9.24. The number of hydrogen-bond acceptors (Lipinski definition) is 3. The van der Waals surface area contributed by atoms with Gasteiger partial charge in [-0.1, -0.05) is 32.0 Å². The first-order valence-electron chi connectivity index (χ1n) is 7.33. The molecule has 1 saturated heterocycles. The summed E-state index contributed by atoms with van der Waals surface area (Å²) in [6.45, 7) is 8.99. The molecule has 1 aliphatic rings. The molecule has 2 rings (SSSR count). The van der Waals surface area contributed by atoms with E-state index in [0.717, 1.165) is 24.8 Å². The first kappa shape index (κ1) is 14.4. The normalized spacial score (nSPS) is 21.5. The highest BCUT2D eigenvalue weighted by Gasteiger charge is 2.23. The summed E-state index contributed by atoms with van der Waals surface area (Å²) in [6, 6.07) is 8.70.